The first-order chi connectivity index (χ1) is 8.14. The van der Waals surface area contributed by atoms with E-state index >= 15 is 0 Å². The molecule has 2 N–H and O–H groups in total. The Morgan fingerprint density at radius 1 is 1.06 bits per heavy atom. The summed E-state index contributed by atoms with van der Waals surface area (Å²) in [6.07, 6.45) is -14.9. The fraction of sp³-hybridized carbons (Fsp3) is 0.400. The van der Waals surface area contributed by atoms with Crippen LogP contribution in [0.5, 0.6) is 5.75 Å². The van der Waals surface area contributed by atoms with Crippen molar-refractivity contribution in [2.45, 2.75) is 25.0 Å². The lowest BCUT2D eigenvalue weighted by Crippen LogP contribution is -2.46. The van der Waals surface area contributed by atoms with Crippen LogP contribution in [-0.2, 0) is 6.54 Å². The van der Waals surface area contributed by atoms with Crippen LogP contribution in [0.1, 0.15) is 5.56 Å². The van der Waals surface area contributed by atoms with E-state index in [9.17, 15) is 26.3 Å². The van der Waals surface area contributed by atoms with E-state index in [1.54, 1.807) is 0 Å². The second-order valence-corrected chi connectivity index (χ2v) is 3.43. The van der Waals surface area contributed by atoms with Crippen molar-refractivity contribution in [2.75, 3.05) is 0 Å². The largest absolute Gasteiger partial charge is 0.471 e. The number of alkyl halides is 6. The molecule has 8 heteroatoms. The highest BCUT2D eigenvalue weighted by Crippen LogP contribution is 2.36. The molecule has 1 rings (SSSR count). The molecule has 0 fully saturated rings. The molecule has 0 saturated heterocycles. The molecule has 0 amide bonds. The maximum atomic E-state index is 12.2. The molecule has 18 heavy (non-hydrogen) atoms. The molecule has 0 aliphatic rings. The maximum Gasteiger partial charge on any atom is 0.434 e. The molecule has 102 valence electrons. The minimum Gasteiger partial charge on any atom is -0.471 e. The van der Waals surface area contributed by atoms with Gasteiger partial charge in [-0.05, 0) is 17.7 Å². The van der Waals surface area contributed by atoms with Gasteiger partial charge < -0.3 is 10.5 Å². The lowest BCUT2D eigenvalue weighted by Gasteiger charge is -2.24. The number of rotatable bonds is 3. The van der Waals surface area contributed by atoms with E-state index in [0.29, 0.717) is 5.56 Å². The van der Waals surface area contributed by atoms with Gasteiger partial charge in [-0.15, -0.1) is 0 Å². The molecule has 0 spiro atoms. The van der Waals surface area contributed by atoms with Gasteiger partial charge in [0.2, 0.25) is 0 Å². The highest BCUT2D eigenvalue weighted by molar-refractivity contribution is 5.28. The molecule has 0 saturated carbocycles. The van der Waals surface area contributed by atoms with E-state index < -0.39 is 24.2 Å². The number of halogens is 6. The van der Waals surface area contributed by atoms with Crippen LogP contribution in [0.2, 0.25) is 0 Å². The lowest BCUT2D eigenvalue weighted by molar-refractivity contribution is -0.299. The number of benzene rings is 1. The summed E-state index contributed by atoms with van der Waals surface area (Å²) >= 11 is 0. The predicted molar refractivity (Wildman–Crippen MR) is 50.9 cm³/mol. The second-order valence-electron chi connectivity index (χ2n) is 3.43. The van der Waals surface area contributed by atoms with Gasteiger partial charge in [0.25, 0.3) is 6.10 Å². The maximum absolute atomic E-state index is 12.2. The Kier molecular flexibility index (Phi) is 4.10. The summed E-state index contributed by atoms with van der Waals surface area (Å²) in [5.74, 6) is -0.530. The Balaban J connectivity index is 2.97. The highest BCUT2D eigenvalue weighted by Gasteiger charge is 2.59. The molecule has 1 aromatic rings. The third kappa shape index (κ3) is 3.80. The first-order valence-corrected chi connectivity index (χ1v) is 4.73. The molecule has 0 aliphatic heterocycles. The summed E-state index contributed by atoms with van der Waals surface area (Å²) in [4.78, 5) is 0. The standard InChI is InChI=1S/C10H9F6NO/c11-9(12,13)8(10(14,15)16)18-7-3-1-2-6(4-7)5-17/h1-4,8H,5,17H2. The quantitative estimate of drug-likeness (QED) is 0.859. The first kappa shape index (κ1) is 14.6. The van der Waals surface area contributed by atoms with Crippen LogP contribution in [0.15, 0.2) is 24.3 Å². The van der Waals surface area contributed by atoms with Crippen molar-refractivity contribution in [2.24, 2.45) is 5.73 Å². The number of hydrogen-bond acceptors (Lipinski definition) is 2. The van der Waals surface area contributed by atoms with E-state index in [1.807, 2.05) is 0 Å². The predicted octanol–water partition coefficient (Wildman–Crippen LogP) is 3.02. The minimum atomic E-state index is -5.53. The monoisotopic (exact) mass is 273 g/mol. The van der Waals surface area contributed by atoms with Crippen LogP contribution in [0.3, 0.4) is 0 Å². The molecule has 2 nitrogen and oxygen atoms in total. The van der Waals surface area contributed by atoms with Crippen LogP contribution in [0, 0.1) is 0 Å². The molecule has 0 heterocycles. The Bertz CT molecular complexity index is 386. The normalized spacial score (nSPS) is 12.9. The molecular formula is C10H9F6NO. The molecule has 0 unspecified atom stereocenters. The van der Waals surface area contributed by atoms with Crippen LogP contribution in [0.4, 0.5) is 26.3 Å². The second kappa shape index (κ2) is 5.05. The van der Waals surface area contributed by atoms with Crippen LogP contribution in [-0.4, -0.2) is 18.5 Å². The average molecular weight is 273 g/mol. The molecule has 0 atom stereocenters. The fourth-order valence-corrected chi connectivity index (χ4v) is 1.20. The van der Waals surface area contributed by atoms with Gasteiger partial charge in [-0.3, -0.25) is 0 Å². The van der Waals surface area contributed by atoms with E-state index in [2.05, 4.69) is 4.74 Å². The average Bonchev–Trinajstić information content (AvgIpc) is 2.23. The van der Waals surface area contributed by atoms with Gasteiger partial charge in [0.05, 0.1) is 0 Å². The van der Waals surface area contributed by atoms with Crippen molar-refractivity contribution in [1.82, 2.24) is 0 Å². The van der Waals surface area contributed by atoms with E-state index in [4.69, 9.17) is 5.73 Å². The van der Waals surface area contributed by atoms with Gasteiger partial charge in [-0.2, -0.15) is 26.3 Å². The summed E-state index contributed by atoms with van der Waals surface area (Å²) in [7, 11) is 0. The number of nitrogens with two attached hydrogens (primary N) is 1. The molecule has 0 aromatic heterocycles. The zero-order valence-corrected chi connectivity index (χ0v) is 8.85. The van der Waals surface area contributed by atoms with Crippen molar-refractivity contribution in [3.63, 3.8) is 0 Å². The Labute approximate surface area is 98.3 Å². The molecule has 0 radical (unpaired) electrons. The van der Waals surface area contributed by atoms with Crippen molar-refractivity contribution in [3.8, 4) is 5.75 Å². The minimum absolute atomic E-state index is 0.0140. The first-order valence-electron chi connectivity index (χ1n) is 4.73. The Morgan fingerprint density at radius 2 is 1.61 bits per heavy atom. The van der Waals surface area contributed by atoms with Gasteiger partial charge in [0.15, 0.2) is 0 Å². The fourth-order valence-electron chi connectivity index (χ4n) is 1.20. The lowest BCUT2D eigenvalue weighted by atomic mass is 10.2. The third-order valence-corrected chi connectivity index (χ3v) is 1.98. The number of hydrogen-bond donors (Lipinski definition) is 1. The summed E-state index contributed by atoms with van der Waals surface area (Å²) in [5.41, 5.74) is 5.59. The molecule has 0 bridgehead atoms. The van der Waals surface area contributed by atoms with Gasteiger partial charge >= 0.3 is 12.4 Å². The molecular weight excluding hydrogens is 264 g/mol. The van der Waals surface area contributed by atoms with E-state index in [0.717, 1.165) is 12.1 Å². The third-order valence-electron chi connectivity index (χ3n) is 1.98. The van der Waals surface area contributed by atoms with Crippen LogP contribution >= 0.6 is 0 Å². The van der Waals surface area contributed by atoms with Gasteiger partial charge in [-0.1, -0.05) is 12.1 Å². The van der Waals surface area contributed by atoms with Gasteiger partial charge in [-0.25, -0.2) is 0 Å². The Hall–Kier alpha value is -1.44. The van der Waals surface area contributed by atoms with E-state index in [1.165, 1.54) is 12.1 Å². The smallest absolute Gasteiger partial charge is 0.434 e. The number of ether oxygens (including phenoxy) is 1. The summed E-state index contributed by atoms with van der Waals surface area (Å²) < 4.78 is 77.3. The van der Waals surface area contributed by atoms with Crippen molar-refractivity contribution >= 4 is 0 Å². The summed E-state index contributed by atoms with van der Waals surface area (Å²) in [5, 5.41) is 0. The highest BCUT2D eigenvalue weighted by atomic mass is 19.4. The summed E-state index contributed by atoms with van der Waals surface area (Å²) in [6.45, 7) is -0.0140. The van der Waals surface area contributed by atoms with Crippen molar-refractivity contribution < 1.29 is 31.1 Å². The van der Waals surface area contributed by atoms with Gasteiger partial charge in [0.1, 0.15) is 5.75 Å². The van der Waals surface area contributed by atoms with Crippen molar-refractivity contribution in [3.05, 3.63) is 29.8 Å². The zero-order chi connectivity index (χ0) is 14.0. The topological polar surface area (TPSA) is 35.2 Å². The van der Waals surface area contributed by atoms with Crippen LogP contribution < -0.4 is 10.5 Å². The van der Waals surface area contributed by atoms with Gasteiger partial charge in [0, 0.05) is 6.54 Å². The SMILES string of the molecule is NCc1cccc(OC(C(F)(F)F)C(F)(F)F)c1. The summed E-state index contributed by atoms with van der Waals surface area (Å²) in [6, 6.07) is 4.76. The van der Waals surface area contributed by atoms with E-state index in [-0.39, 0.29) is 6.54 Å². The van der Waals surface area contributed by atoms with Crippen molar-refractivity contribution in [1.29, 1.82) is 0 Å². The molecule has 1 aromatic carbocycles. The Morgan fingerprint density at radius 3 is 2.06 bits per heavy atom. The van der Waals surface area contributed by atoms with Crippen LogP contribution in [0.25, 0.3) is 0 Å². The molecule has 0 aliphatic carbocycles. The zero-order valence-electron chi connectivity index (χ0n) is 8.85.